The van der Waals surface area contributed by atoms with Crippen molar-refractivity contribution in [1.29, 1.82) is 0 Å². The molecule has 1 heterocycles. The molecular formula is C37H62N6O7. The molecule has 13 heteroatoms. The van der Waals surface area contributed by atoms with Gasteiger partial charge in [-0.2, -0.15) is 0 Å². The molecular weight excluding hydrogens is 640 g/mol. The van der Waals surface area contributed by atoms with Crippen LogP contribution in [0.1, 0.15) is 107 Å². The number of hydrogen-bond acceptors (Lipinski definition) is 7. The highest BCUT2D eigenvalue weighted by atomic mass is 16.5. The van der Waals surface area contributed by atoms with Gasteiger partial charge in [0.2, 0.25) is 17.6 Å². The Kier molecular flexibility index (Phi) is 13.5. The first-order valence-corrected chi connectivity index (χ1v) is 18.3. The Bertz CT molecular complexity index is 1280. The van der Waals surface area contributed by atoms with Crippen molar-refractivity contribution in [3.8, 4) is 0 Å². The molecule has 0 aromatic carbocycles. The van der Waals surface area contributed by atoms with E-state index in [1.165, 1.54) is 6.08 Å². The highest BCUT2D eigenvalue weighted by molar-refractivity contribution is 6.38. The van der Waals surface area contributed by atoms with Crippen LogP contribution in [-0.4, -0.2) is 89.9 Å². The molecule has 0 spiro atoms. The number of fused-ring (bicyclic) bond motifs is 1. The van der Waals surface area contributed by atoms with Gasteiger partial charge in [-0.05, 0) is 68.6 Å². The topological polar surface area (TPSA) is 175 Å². The predicted octanol–water partition coefficient (Wildman–Crippen LogP) is 3.81. The summed E-state index contributed by atoms with van der Waals surface area (Å²) >= 11 is 0. The summed E-state index contributed by atoms with van der Waals surface area (Å²) in [5, 5.41) is 14.0. The lowest BCUT2D eigenvalue weighted by Gasteiger charge is -2.38. The Morgan fingerprint density at radius 3 is 2.16 bits per heavy atom. The first-order valence-electron chi connectivity index (χ1n) is 18.3. The molecule has 3 aliphatic rings. The number of Topliss-reactive ketones (excluding diaryl/α,β-unsaturated/α-hetero) is 1. The van der Waals surface area contributed by atoms with E-state index in [1.807, 2.05) is 48.5 Å². The van der Waals surface area contributed by atoms with Gasteiger partial charge in [0.15, 0.2) is 0 Å². The number of nitrogens with one attached hydrogen (secondary N) is 5. The van der Waals surface area contributed by atoms with Crippen molar-refractivity contribution in [2.24, 2.45) is 28.6 Å². The number of ether oxygens (including phenoxy) is 1. The van der Waals surface area contributed by atoms with Crippen molar-refractivity contribution >= 4 is 35.6 Å². The van der Waals surface area contributed by atoms with Crippen molar-refractivity contribution in [1.82, 2.24) is 31.5 Å². The molecule has 2 aliphatic carbocycles. The minimum atomic E-state index is -1.03. The van der Waals surface area contributed by atoms with Crippen molar-refractivity contribution in [2.45, 2.75) is 137 Å². The lowest BCUT2D eigenvalue weighted by Crippen LogP contribution is -2.61. The fourth-order valence-electron chi connectivity index (χ4n) is 7.42. The molecule has 0 bridgehead atoms. The maximum absolute atomic E-state index is 14.6. The lowest BCUT2D eigenvalue weighted by atomic mass is 9.83. The number of alkyl carbamates (subject to hydrolysis) is 1. The number of rotatable bonds is 14. The van der Waals surface area contributed by atoms with Gasteiger partial charge in [0, 0.05) is 18.6 Å². The van der Waals surface area contributed by atoms with Crippen LogP contribution in [0.5, 0.6) is 0 Å². The SMILES string of the molecule is C=CCNC(=O)C(=O)C(CCC)NC(=O)[C@@H]1[C@@H]2[C@H](CN1C(=O)[C@@H](NC(=O)N[C@H](COC(=O)NC(C)(C)C)C(C)(C)C)C1CCCCC1)C2(C)C. The lowest BCUT2D eigenvalue weighted by molar-refractivity contribution is -0.144. The standard InChI is InChI=1S/C37H62N6O7/c1-11-16-24(29(44)31(46)38-19-12-2)39-30(45)28-26-23(37(26,9)10)20-43(28)32(47)27(22-17-14-13-15-18-22)41-33(48)40-25(35(3,4)5)21-50-34(49)42-36(6,7)8/h12,22-28H,2,11,13-21H2,1,3-10H3,(H,38,46)(H,39,45)(H,42,49)(H2,40,41,48)/t23-,24?,25+,26-,27-,28-/m0/s1. The van der Waals surface area contributed by atoms with E-state index in [-0.39, 0.29) is 48.6 Å². The van der Waals surface area contributed by atoms with E-state index < -0.39 is 64.8 Å². The normalized spacial score (nSPS) is 23.3. The monoisotopic (exact) mass is 702 g/mol. The smallest absolute Gasteiger partial charge is 0.407 e. The van der Waals surface area contributed by atoms with Crippen molar-refractivity contribution < 1.29 is 33.5 Å². The molecule has 0 radical (unpaired) electrons. The molecule has 1 saturated heterocycles. The van der Waals surface area contributed by atoms with Gasteiger partial charge in [-0.3, -0.25) is 19.2 Å². The zero-order valence-corrected chi connectivity index (χ0v) is 31.7. The van der Waals surface area contributed by atoms with Gasteiger partial charge in [-0.1, -0.05) is 73.3 Å². The van der Waals surface area contributed by atoms with Crippen LogP contribution in [0.15, 0.2) is 12.7 Å². The van der Waals surface area contributed by atoms with Crippen LogP contribution in [0.4, 0.5) is 9.59 Å². The predicted molar refractivity (Wildman–Crippen MR) is 191 cm³/mol. The number of ketones is 1. The Balaban J connectivity index is 1.82. The van der Waals surface area contributed by atoms with E-state index in [1.54, 1.807) is 4.90 Å². The fourth-order valence-corrected chi connectivity index (χ4v) is 7.42. The molecule has 50 heavy (non-hydrogen) atoms. The summed E-state index contributed by atoms with van der Waals surface area (Å²) in [6.07, 6.45) is 6.11. The second-order valence-corrected chi connectivity index (χ2v) is 17.0. The number of urea groups is 1. The summed E-state index contributed by atoms with van der Waals surface area (Å²) in [7, 11) is 0. The molecule has 6 amide bonds. The number of nitrogens with zero attached hydrogens (tertiary/aromatic N) is 1. The molecule has 2 saturated carbocycles. The molecule has 5 N–H and O–H groups in total. The highest BCUT2D eigenvalue weighted by Gasteiger charge is 2.69. The van der Waals surface area contributed by atoms with Gasteiger partial charge in [0.05, 0.1) is 12.1 Å². The van der Waals surface area contributed by atoms with Crippen LogP contribution in [0.25, 0.3) is 0 Å². The maximum atomic E-state index is 14.6. The van der Waals surface area contributed by atoms with Gasteiger partial charge in [0.1, 0.15) is 18.7 Å². The minimum Gasteiger partial charge on any atom is -0.447 e. The second-order valence-electron chi connectivity index (χ2n) is 17.0. The van der Waals surface area contributed by atoms with Crippen LogP contribution < -0.4 is 26.6 Å². The van der Waals surface area contributed by atoms with E-state index in [2.05, 4.69) is 47.0 Å². The molecule has 3 rings (SSSR count). The third-order valence-electron chi connectivity index (χ3n) is 10.5. The van der Waals surface area contributed by atoms with Crippen LogP contribution in [-0.2, 0) is 23.9 Å². The number of likely N-dealkylation sites (tertiary alicyclic amines) is 1. The van der Waals surface area contributed by atoms with Crippen LogP contribution in [0, 0.1) is 28.6 Å². The number of carbonyl (C=O) groups excluding carboxylic acids is 6. The summed E-state index contributed by atoms with van der Waals surface area (Å²) in [6, 6.07) is -3.88. The quantitative estimate of drug-likeness (QED) is 0.135. The summed E-state index contributed by atoms with van der Waals surface area (Å²) in [5.74, 6) is -2.50. The molecule has 3 fully saturated rings. The summed E-state index contributed by atoms with van der Waals surface area (Å²) in [4.78, 5) is 81.8. The Morgan fingerprint density at radius 1 is 0.960 bits per heavy atom. The molecule has 282 valence electrons. The maximum Gasteiger partial charge on any atom is 0.407 e. The molecule has 6 atom stereocenters. The van der Waals surface area contributed by atoms with Gasteiger partial charge in [0.25, 0.3) is 5.91 Å². The number of hydrogen-bond donors (Lipinski definition) is 5. The van der Waals surface area contributed by atoms with E-state index in [0.717, 1.165) is 32.1 Å². The molecule has 0 aromatic rings. The molecule has 1 aliphatic heterocycles. The molecule has 0 aromatic heterocycles. The average molecular weight is 703 g/mol. The Labute approximate surface area is 298 Å². The third kappa shape index (κ3) is 10.4. The van der Waals surface area contributed by atoms with Gasteiger partial charge < -0.3 is 36.2 Å². The van der Waals surface area contributed by atoms with E-state index in [0.29, 0.717) is 13.0 Å². The zero-order chi connectivity index (χ0) is 37.6. The Morgan fingerprint density at radius 2 is 1.60 bits per heavy atom. The summed E-state index contributed by atoms with van der Waals surface area (Å²) < 4.78 is 5.47. The Hall–Kier alpha value is -3.64. The minimum absolute atomic E-state index is 0.0725. The summed E-state index contributed by atoms with van der Waals surface area (Å²) in [5.41, 5.74) is -1.15. The van der Waals surface area contributed by atoms with Crippen LogP contribution in [0.3, 0.4) is 0 Å². The zero-order valence-electron chi connectivity index (χ0n) is 31.7. The van der Waals surface area contributed by atoms with Gasteiger partial charge in [-0.15, -0.1) is 6.58 Å². The second kappa shape index (κ2) is 16.6. The molecule has 1 unspecified atom stereocenters. The summed E-state index contributed by atoms with van der Waals surface area (Å²) in [6.45, 7) is 21.3. The van der Waals surface area contributed by atoms with Crippen LogP contribution in [0.2, 0.25) is 0 Å². The van der Waals surface area contributed by atoms with Crippen molar-refractivity contribution in [2.75, 3.05) is 19.7 Å². The van der Waals surface area contributed by atoms with Crippen molar-refractivity contribution in [3.63, 3.8) is 0 Å². The van der Waals surface area contributed by atoms with Crippen molar-refractivity contribution in [3.05, 3.63) is 12.7 Å². The fraction of sp³-hybridized carbons (Fsp3) is 0.784. The highest BCUT2D eigenvalue weighted by Crippen LogP contribution is 2.65. The third-order valence-corrected chi connectivity index (χ3v) is 10.5. The van der Waals surface area contributed by atoms with Gasteiger partial charge >= 0.3 is 12.1 Å². The first-order chi connectivity index (χ1) is 23.2. The number of amides is 6. The number of carbonyl (C=O) groups is 6. The van der Waals surface area contributed by atoms with Gasteiger partial charge in [-0.25, -0.2) is 9.59 Å². The van der Waals surface area contributed by atoms with Crippen LogP contribution >= 0.6 is 0 Å². The number of piperidine rings is 1. The van der Waals surface area contributed by atoms with E-state index in [4.69, 9.17) is 4.74 Å². The van der Waals surface area contributed by atoms with E-state index >= 15 is 0 Å². The first kappa shape index (κ1) is 40.8. The molecule has 13 nitrogen and oxygen atoms in total. The average Bonchev–Trinajstić information content (AvgIpc) is 3.33. The van der Waals surface area contributed by atoms with E-state index in [9.17, 15) is 28.8 Å². The largest absolute Gasteiger partial charge is 0.447 e.